The molecule has 1 aromatic heterocycles. The lowest BCUT2D eigenvalue weighted by molar-refractivity contribution is 0.608. The van der Waals surface area contributed by atoms with Crippen LogP contribution in [0.5, 0.6) is 0 Å². The van der Waals surface area contributed by atoms with Gasteiger partial charge in [-0.1, -0.05) is 18.2 Å². The van der Waals surface area contributed by atoms with Crippen LogP contribution in [0.2, 0.25) is 0 Å². The van der Waals surface area contributed by atoms with Gasteiger partial charge < -0.3 is 0 Å². The summed E-state index contributed by atoms with van der Waals surface area (Å²) in [7, 11) is 0. The molecule has 0 radical (unpaired) electrons. The summed E-state index contributed by atoms with van der Waals surface area (Å²) in [6.45, 7) is 1.98. The summed E-state index contributed by atoms with van der Waals surface area (Å²) in [6.07, 6.45) is 1.88. The van der Waals surface area contributed by atoms with E-state index in [0.717, 1.165) is 21.5 Å². The maximum Gasteiger partial charge on any atom is 0.0569 e. The smallest absolute Gasteiger partial charge is 0.0569 e. The number of pyridine rings is 1. The molecule has 1 unspecified atom stereocenters. The highest BCUT2D eigenvalue weighted by molar-refractivity contribution is 9.10. The molecule has 0 aliphatic heterocycles. The van der Waals surface area contributed by atoms with Crippen molar-refractivity contribution >= 4 is 27.7 Å². The zero-order valence-corrected chi connectivity index (χ0v) is 13.0. The predicted molar refractivity (Wildman–Crippen MR) is 83.9 cm³/mol. The van der Waals surface area contributed by atoms with Gasteiger partial charge in [0, 0.05) is 27.0 Å². The van der Waals surface area contributed by atoms with Gasteiger partial charge in [-0.3, -0.25) is 16.3 Å². The molecule has 100 valence electrons. The van der Waals surface area contributed by atoms with Crippen LogP contribution in [0, 0.1) is 6.92 Å². The Labute approximate surface area is 126 Å². The fourth-order valence-corrected chi connectivity index (χ4v) is 3.30. The molecule has 3 nitrogen and oxygen atoms in total. The van der Waals surface area contributed by atoms with Gasteiger partial charge in [0.2, 0.25) is 0 Å². The molecule has 0 aliphatic rings. The molecule has 1 atom stereocenters. The van der Waals surface area contributed by atoms with Crippen molar-refractivity contribution in [2.45, 2.75) is 17.9 Å². The quantitative estimate of drug-likeness (QED) is 0.498. The summed E-state index contributed by atoms with van der Waals surface area (Å²) in [5.74, 6) is 6.49. The number of thioether (sulfide) groups is 1. The average Bonchev–Trinajstić information content (AvgIpc) is 2.43. The van der Waals surface area contributed by atoms with Crippen LogP contribution in [0.3, 0.4) is 0 Å². The van der Waals surface area contributed by atoms with Crippen molar-refractivity contribution in [3.8, 4) is 0 Å². The van der Waals surface area contributed by atoms with Crippen LogP contribution >= 0.6 is 27.7 Å². The SMILES string of the molecule is Cc1ccc(C(CSc2ccccc2Br)NN)cn1. The summed E-state index contributed by atoms with van der Waals surface area (Å²) >= 11 is 5.31. The number of hydrogen-bond acceptors (Lipinski definition) is 4. The van der Waals surface area contributed by atoms with E-state index in [1.54, 1.807) is 11.8 Å². The van der Waals surface area contributed by atoms with E-state index in [1.807, 2.05) is 37.4 Å². The molecular formula is C14H16BrN3S. The zero-order chi connectivity index (χ0) is 13.7. The Bertz CT molecular complexity index is 530. The maximum absolute atomic E-state index is 5.64. The molecule has 0 fully saturated rings. The van der Waals surface area contributed by atoms with E-state index < -0.39 is 0 Å². The molecule has 0 amide bonds. The standard InChI is InChI=1S/C14H16BrN3S/c1-10-6-7-11(8-17-10)13(18-16)9-19-14-5-3-2-4-12(14)15/h2-8,13,18H,9,16H2,1H3. The third kappa shape index (κ3) is 4.04. The number of aryl methyl sites for hydroxylation is 1. The molecular weight excluding hydrogens is 322 g/mol. The van der Waals surface area contributed by atoms with Gasteiger partial charge in [0.15, 0.2) is 0 Å². The predicted octanol–water partition coefficient (Wildman–Crippen LogP) is 3.45. The van der Waals surface area contributed by atoms with E-state index in [1.165, 1.54) is 4.90 Å². The lowest BCUT2D eigenvalue weighted by Gasteiger charge is -2.16. The summed E-state index contributed by atoms with van der Waals surface area (Å²) < 4.78 is 1.11. The van der Waals surface area contributed by atoms with E-state index >= 15 is 0 Å². The third-order valence-electron chi connectivity index (χ3n) is 2.78. The molecule has 0 spiro atoms. The second-order valence-corrected chi connectivity index (χ2v) is 6.11. The number of nitrogens with two attached hydrogens (primary N) is 1. The summed E-state index contributed by atoms with van der Waals surface area (Å²) in [5, 5.41) is 0. The first-order chi connectivity index (χ1) is 9.20. The second-order valence-electron chi connectivity index (χ2n) is 4.19. The minimum Gasteiger partial charge on any atom is -0.271 e. The van der Waals surface area contributed by atoms with E-state index in [2.05, 4.69) is 38.5 Å². The van der Waals surface area contributed by atoms with Crippen LogP contribution in [-0.2, 0) is 0 Å². The summed E-state index contributed by atoms with van der Waals surface area (Å²) in [4.78, 5) is 5.52. The van der Waals surface area contributed by atoms with E-state index in [4.69, 9.17) is 5.84 Å². The van der Waals surface area contributed by atoms with Gasteiger partial charge in [-0.15, -0.1) is 11.8 Å². The number of rotatable bonds is 5. The van der Waals surface area contributed by atoms with Gasteiger partial charge in [0.1, 0.15) is 0 Å². The first-order valence-corrected chi connectivity index (χ1v) is 7.74. The number of hydrogen-bond donors (Lipinski definition) is 2. The van der Waals surface area contributed by atoms with Crippen LogP contribution in [0.25, 0.3) is 0 Å². The number of halogens is 1. The molecule has 2 rings (SSSR count). The number of nitrogens with zero attached hydrogens (tertiary/aromatic N) is 1. The normalized spacial score (nSPS) is 12.4. The van der Waals surface area contributed by atoms with Gasteiger partial charge in [0.05, 0.1) is 6.04 Å². The minimum absolute atomic E-state index is 0.0882. The second kappa shape index (κ2) is 7.05. The topological polar surface area (TPSA) is 50.9 Å². The number of aromatic nitrogens is 1. The van der Waals surface area contributed by atoms with Gasteiger partial charge in [-0.25, -0.2) is 0 Å². The maximum atomic E-state index is 5.64. The van der Waals surface area contributed by atoms with E-state index in [0.29, 0.717) is 0 Å². The van der Waals surface area contributed by atoms with E-state index in [-0.39, 0.29) is 6.04 Å². The summed E-state index contributed by atoms with van der Waals surface area (Å²) in [5.41, 5.74) is 4.97. The van der Waals surface area contributed by atoms with Crippen molar-refractivity contribution in [2.24, 2.45) is 5.84 Å². The summed E-state index contributed by atoms with van der Waals surface area (Å²) in [6, 6.07) is 12.3. The largest absolute Gasteiger partial charge is 0.271 e. The molecule has 0 bridgehead atoms. The molecule has 0 saturated heterocycles. The highest BCUT2D eigenvalue weighted by Crippen LogP contribution is 2.30. The first kappa shape index (κ1) is 14.5. The zero-order valence-electron chi connectivity index (χ0n) is 10.6. The van der Waals surface area contributed by atoms with Crippen molar-refractivity contribution in [1.29, 1.82) is 0 Å². The lowest BCUT2D eigenvalue weighted by atomic mass is 10.1. The van der Waals surface area contributed by atoms with Gasteiger partial charge in [-0.2, -0.15) is 0 Å². The van der Waals surface area contributed by atoms with Crippen LogP contribution in [-0.4, -0.2) is 10.7 Å². The molecule has 0 saturated carbocycles. The van der Waals surface area contributed by atoms with Crippen LogP contribution in [0.4, 0.5) is 0 Å². The molecule has 19 heavy (non-hydrogen) atoms. The lowest BCUT2D eigenvalue weighted by Crippen LogP contribution is -2.29. The van der Waals surface area contributed by atoms with Crippen LogP contribution < -0.4 is 11.3 Å². The third-order valence-corrected chi connectivity index (χ3v) is 4.90. The van der Waals surface area contributed by atoms with Gasteiger partial charge >= 0.3 is 0 Å². The molecule has 3 N–H and O–H groups in total. The van der Waals surface area contributed by atoms with Crippen molar-refractivity contribution < 1.29 is 0 Å². The molecule has 1 heterocycles. The Morgan fingerprint density at radius 2 is 2.11 bits per heavy atom. The monoisotopic (exact) mass is 337 g/mol. The Hall–Kier alpha value is -0.880. The van der Waals surface area contributed by atoms with E-state index in [9.17, 15) is 0 Å². The van der Waals surface area contributed by atoms with Crippen molar-refractivity contribution in [1.82, 2.24) is 10.4 Å². The van der Waals surface area contributed by atoms with Crippen LogP contribution in [0.1, 0.15) is 17.3 Å². The number of benzene rings is 1. The average molecular weight is 338 g/mol. The van der Waals surface area contributed by atoms with Crippen molar-refractivity contribution in [2.75, 3.05) is 5.75 Å². The highest BCUT2D eigenvalue weighted by atomic mass is 79.9. The number of hydrazine groups is 1. The molecule has 2 aromatic rings. The molecule has 5 heteroatoms. The Balaban J connectivity index is 2.04. The Morgan fingerprint density at radius 3 is 2.74 bits per heavy atom. The number of nitrogens with one attached hydrogen (secondary N) is 1. The fraction of sp³-hybridized carbons (Fsp3) is 0.214. The van der Waals surface area contributed by atoms with Crippen molar-refractivity contribution in [3.05, 3.63) is 58.3 Å². The Kier molecular flexibility index (Phi) is 5.39. The van der Waals surface area contributed by atoms with Crippen LogP contribution in [0.15, 0.2) is 52.0 Å². The molecule has 0 aliphatic carbocycles. The first-order valence-electron chi connectivity index (χ1n) is 5.96. The Morgan fingerprint density at radius 1 is 1.32 bits per heavy atom. The molecule has 1 aromatic carbocycles. The van der Waals surface area contributed by atoms with Gasteiger partial charge in [-0.05, 0) is 46.6 Å². The minimum atomic E-state index is 0.0882. The fourth-order valence-electron chi connectivity index (χ4n) is 1.66. The van der Waals surface area contributed by atoms with Crippen molar-refractivity contribution in [3.63, 3.8) is 0 Å². The van der Waals surface area contributed by atoms with Gasteiger partial charge in [0.25, 0.3) is 0 Å². The highest BCUT2D eigenvalue weighted by Gasteiger charge is 2.11.